The molecule has 3 aromatic carbocycles. The highest BCUT2D eigenvalue weighted by Gasteiger charge is 2.13. The fraction of sp³-hybridized carbons (Fsp3) is 0.222. The van der Waals surface area contributed by atoms with Crippen molar-refractivity contribution in [1.29, 1.82) is 0 Å². The average Bonchev–Trinajstić information content (AvgIpc) is 3.20. The number of carbonyl (C=O) groups is 2. The van der Waals surface area contributed by atoms with Crippen molar-refractivity contribution in [2.24, 2.45) is 0 Å². The summed E-state index contributed by atoms with van der Waals surface area (Å²) in [5.74, 6) is -0.325. The van der Waals surface area contributed by atoms with Gasteiger partial charge in [0.05, 0.1) is 23.3 Å². The largest absolute Gasteiger partial charge is 0.325 e. The van der Waals surface area contributed by atoms with Crippen molar-refractivity contribution in [2.75, 3.05) is 30.8 Å². The number of aryl methyl sites for hydroxylation is 3. The number of hydrogen-bond donors (Lipinski definition) is 2. The molecule has 4 rings (SSSR count). The number of amides is 2. The van der Waals surface area contributed by atoms with Crippen LogP contribution in [0.3, 0.4) is 0 Å². The van der Waals surface area contributed by atoms with Crippen molar-refractivity contribution in [3.05, 3.63) is 77.4 Å². The Morgan fingerprint density at radius 1 is 0.882 bits per heavy atom. The third kappa shape index (κ3) is 5.68. The number of nitrogens with one attached hydrogen (secondary N) is 2. The average molecular weight is 473 g/mol. The molecule has 174 valence electrons. The number of para-hydroxylation sites is 1. The standard InChI is InChI=1S/C27H28N4O2S/c1-17-8-13-22-23(14-17)34-27(29-22)20-9-11-21(12-10-20)28-24(32)15-31(4)16-25(33)30-26-18(2)6-5-7-19(26)3/h5-14H,15-16H2,1-4H3,(H,28,32)(H,30,33). The van der Waals surface area contributed by atoms with Crippen molar-refractivity contribution in [3.8, 4) is 10.6 Å². The van der Waals surface area contributed by atoms with Crippen LogP contribution >= 0.6 is 11.3 Å². The highest BCUT2D eigenvalue weighted by molar-refractivity contribution is 7.21. The van der Waals surface area contributed by atoms with E-state index in [4.69, 9.17) is 4.98 Å². The molecule has 6 nitrogen and oxygen atoms in total. The molecule has 0 fully saturated rings. The third-order valence-electron chi connectivity index (χ3n) is 5.53. The van der Waals surface area contributed by atoms with Gasteiger partial charge in [-0.2, -0.15) is 0 Å². The lowest BCUT2D eigenvalue weighted by atomic mass is 10.1. The fourth-order valence-corrected chi connectivity index (χ4v) is 4.86. The van der Waals surface area contributed by atoms with Crippen LogP contribution in [0.1, 0.15) is 16.7 Å². The molecule has 0 saturated carbocycles. The first-order chi connectivity index (χ1) is 16.3. The van der Waals surface area contributed by atoms with Crippen molar-refractivity contribution in [2.45, 2.75) is 20.8 Å². The smallest absolute Gasteiger partial charge is 0.238 e. The first kappa shape index (κ1) is 23.6. The molecule has 0 bridgehead atoms. The molecule has 7 heteroatoms. The van der Waals surface area contributed by atoms with Crippen LogP contribution in [-0.4, -0.2) is 41.8 Å². The molecule has 2 N–H and O–H groups in total. The predicted octanol–water partition coefficient (Wildman–Crippen LogP) is 5.40. The van der Waals surface area contributed by atoms with E-state index in [1.807, 2.05) is 62.4 Å². The summed E-state index contributed by atoms with van der Waals surface area (Å²) in [6, 6.07) is 19.8. The summed E-state index contributed by atoms with van der Waals surface area (Å²) in [5, 5.41) is 6.80. The molecular formula is C27H28N4O2S. The number of likely N-dealkylation sites (N-methyl/N-ethyl adjacent to an activating group) is 1. The number of thiazole rings is 1. The van der Waals surface area contributed by atoms with Crippen molar-refractivity contribution >= 4 is 44.7 Å². The molecule has 0 aliphatic rings. The summed E-state index contributed by atoms with van der Waals surface area (Å²) in [5.41, 5.74) is 6.78. The van der Waals surface area contributed by atoms with Crippen LogP contribution in [0.4, 0.5) is 11.4 Å². The normalized spacial score (nSPS) is 11.1. The topological polar surface area (TPSA) is 74.3 Å². The van der Waals surface area contributed by atoms with Gasteiger partial charge in [0.15, 0.2) is 0 Å². The van der Waals surface area contributed by atoms with Gasteiger partial charge >= 0.3 is 0 Å². The summed E-state index contributed by atoms with van der Waals surface area (Å²) in [4.78, 5) is 31.3. The van der Waals surface area contributed by atoms with Crippen LogP contribution in [0.2, 0.25) is 0 Å². The predicted molar refractivity (Wildman–Crippen MR) is 140 cm³/mol. The molecule has 1 aromatic heterocycles. The Balaban J connectivity index is 1.31. The highest BCUT2D eigenvalue weighted by atomic mass is 32.1. The second-order valence-electron chi connectivity index (χ2n) is 8.60. The van der Waals surface area contributed by atoms with E-state index in [1.54, 1.807) is 23.3 Å². The van der Waals surface area contributed by atoms with Crippen LogP contribution in [0.5, 0.6) is 0 Å². The Morgan fingerprint density at radius 3 is 2.21 bits per heavy atom. The van der Waals surface area contributed by atoms with E-state index < -0.39 is 0 Å². The van der Waals surface area contributed by atoms with Crippen LogP contribution in [-0.2, 0) is 9.59 Å². The van der Waals surface area contributed by atoms with Gasteiger partial charge in [-0.1, -0.05) is 24.3 Å². The Morgan fingerprint density at radius 2 is 1.53 bits per heavy atom. The van der Waals surface area contributed by atoms with Gasteiger partial charge in [-0.15, -0.1) is 11.3 Å². The minimum Gasteiger partial charge on any atom is -0.325 e. The summed E-state index contributed by atoms with van der Waals surface area (Å²) >= 11 is 1.66. The minimum absolute atomic E-state index is 0.110. The fourth-order valence-electron chi connectivity index (χ4n) is 3.79. The number of hydrogen-bond acceptors (Lipinski definition) is 5. The van der Waals surface area contributed by atoms with Gasteiger partial charge in [0, 0.05) is 16.9 Å². The summed E-state index contributed by atoms with van der Waals surface area (Å²) in [6.45, 7) is 6.23. The zero-order valence-corrected chi connectivity index (χ0v) is 20.6. The maximum Gasteiger partial charge on any atom is 0.238 e. The first-order valence-corrected chi connectivity index (χ1v) is 11.9. The highest BCUT2D eigenvalue weighted by Crippen LogP contribution is 2.31. The molecule has 0 atom stereocenters. The SMILES string of the molecule is Cc1ccc2nc(-c3ccc(NC(=O)CN(C)CC(=O)Nc4c(C)cccc4C)cc3)sc2c1. The van der Waals surface area contributed by atoms with Gasteiger partial charge in [0.2, 0.25) is 11.8 Å². The van der Waals surface area contributed by atoms with E-state index in [0.29, 0.717) is 5.69 Å². The molecule has 2 amide bonds. The second-order valence-corrected chi connectivity index (χ2v) is 9.63. The van der Waals surface area contributed by atoms with Gasteiger partial charge in [0.25, 0.3) is 0 Å². The van der Waals surface area contributed by atoms with Gasteiger partial charge in [0.1, 0.15) is 5.01 Å². The Kier molecular flexibility index (Phi) is 7.05. The summed E-state index contributed by atoms with van der Waals surface area (Å²) in [6.07, 6.45) is 0. The van der Waals surface area contributed by atoms with Crippen molar-refractivity contribution in [1.82, 2.24) is 9.88 Å². The molecule has 0 unspecified atom stereocenters. The molecule has 1 heterocycles. The number of aromatic nitrogens is 1. The van der Waals surface area contributed by atoms with Gasteiger partial charge in [-0.3, -0.25) is 14.5 Å². The lowest BCUT2D eigenvalue weighted by molar-refractivity contribution is -0.119. The molecule has 4 aromatic rings. The van der Waals surface area contributed by atoms with E-state index in [1.165, 1.54) is 5.56 Å². The van der Waals surface area contributed by atoms with E-state index in [-0.39, 0.29) is 24.9 Å². The summed E-state index contributed by atoms with van der Waals surface area (Å²) in [7, 11) is 1.75. The van der Waals surface area contributed by atoms with Gasteiger partial charge in [-0.25, -0.2) is 4.98 Å². The third-order valence-corrected chi connectivity index (χ3v) is 6.60. The maximum atomic E-state index is 12.5. The lowest BCUT2D eigenvalue weighted by Crippen LogP contribution is -2.36. The molecule has 0 aliphatic heterocycles. The number of anilines is 2. The minimum atomic E-state index is -0.175. The zero-order valence-electron chi connectivity index (χ0n) is 19.8. The molecule has 0 spiro atoms. The van der Waals surface area contributed by atoms with E-state index >= 15 is 0 Å². The van der Waals surface area contributed by atoms with Gasteiger partial charge < -0.3 is 10.6 Å². The van der Waals surface area contributed by atoms with E-state index in [2.05, 4.69) is 29.7 Å². The van der Waals surface area contributed by atoms with Crippen LogP contribution in [0.25, 0.3) is 20.8 Å². The monoisotopic (exact) mass is 472 g/mol. The van der Waals surface area contributed by atoms with Gasteiger partial charge in [-0.05, 0) is 80.9 Å². The molecule has 0 aliphatic carbocycles. The number of rotatable bonds is 7. The van der Waals surface area contributed by atoms with E-state index in [9.17, 15) is 9.59 Å². The molecular weight excluding hydrogens is 444 g/mol. The van der Waals surface area contributed by atoms with Crippen molar-refractivity contribution in [3.63, 3.8) is 0 Å². The second kappa shape index (κ2) is 10.2. The molecule has 34 heavy (non-hydrogen) atoms. The lowest BCUT2D eigenvalue weighted by Gasteiger charge is -2.17. The van der Waals surface area contributed by atoms with Crippen molar-refractivity contribution < 1.29 is 9.59 Å². The van der Waals surface area contributed by atoms with Crippen LogP contribution < -0.4 is 10.6 Å². The number of benzene rings is 3. The number of fused-ring (bicyclic) bond motifs is 1. The summed E-state index contributed by atoms with van der Waals surface area (Å²) < 4.78 is 1.16. The molecule has 0 radical (unpaired) electrons. The Hall–Kier alpha value is -3.55. The van der Waals surface area contributed by atoms with Crippen LogP contribution in [0.15, 0.2) is 60.7 Å². The molecule has 0 saturated heterocycles. The zero-order chi connectivity index (χ0) is 24.2. The first-order valence-electron chi connectivity index (χ1n) is 11.1. The number of carbonyl (C=O) groups excluding carboxylic acids is 2. The van der Waals surface area contributed by atoms with E-state index in [0.717, 1.165) is 37.6 Å². The Labute approximate surface area is 203 Å². The van der Waals surface area contributed by atoms with Crippen LogP contribution in [0, 0.1) is 20.8 Å². The Bertz CT molecular complexity index is 1320. The quantitative estimate of drug-likeness (QED) is 0.378. The number of nitrogens with zero attached hydrogens (tertiary/aromatic N) is 2. The maximum absolute atomic E-state index is 12.5.